The van der Waals surface area contributed by atoms with Crippen molar-refractivity contribution in [3.8, 4) is 17.2 Å². The van der Waals surface area contributed by atoms with Gasteiger partial charge in [0.1, 0.15) is 5.70 Å². The maximum absolute atomic E-state index is 12.1. The maximum Gasteiger partial charge on any atom is 0.275 e. The molecule has 1 amide bonds. The molecule has 0 fully saturated rings. The molecule has 0 atom stereocenters. The second-order valence-corrected chi connectivity index (χ2v) is 4.88. The molecule has 2 heterocycles. The number of nitrogens with zero attached hydrogens (tertiary/aromatic N) is 1. The van der Waals surface area contributed by atoms with Gasteiger partial charge < -0.3 is 23.9 Å². The third-order valence-corrected chi connectivity index (χ3v) is 3.44. The Morgan fingerprint density at radius 2 is 1.83 bits per heavy atom. The number of methoxy groups -OCH3 is 3. The summed E-state index contributed by atoms with van der Waals surface area (Å²) in [5, 5.41) is 2.67. The highest BCUT2D eigenvalue weighted by atomic mass is 16.5. The summed E-state index contributed by atoms with van der Waals surface area (Å²) in [6, 6.07) is 6.93. The Balaban J connectivity index is 2.00. The lowest BCUT2D eigenvalue weighted by atomic mass is 10.1. The molecule has 7 heteroatoms. The van der Waals surface area contributed by atoms with Crippen LogP contribution in [0.4, 0.5) is 0 Å². The molecule has 1 aliphatic rings. The van der Waals surface area contributed by atoms with E-state index in [0.717, 1.165) is 0 Å². The number of hydrogen-bond acceptors (Lipinski definition) is 6. The Kier molecular flexibility index (Phi) is 4.24. The summed E-state index contributed by atoms with van der Waals surface area (Å²) < 4.78 is 21.1. The molecule has 124 valence electrons. The molecule has 1 aromatic heterocycles. The van der Waals surface area contributed by atoms with Gasteiger partial charge in [0.2, 0.25) is 5.75 Å². The fourth-order valence-electron chi connectivity index (χ4n) is 2.34. The standard InChI is InChI=1S/C17H16N2O5/c1-21-13-8-10(9-14(22-2)15(13)23-3)7-11-17(20)19-16(18-11)12-5-4-6-24-12/h4-9H,1-3H3,(H,18,19,20). The van der Waals surface area contributed by atoms with Crippen molar-refractivity contribution in [2.24, 2.45) is 4.99 Å². The molecule has 0 radical (unpaired) electrons. The third kappa shape index (κ3) is 2.83. The van der Waals surface area contributed by atoms with Gasteiger partial charge in [0.05, 0.1) is 27.6 Å². The molecular weight excluding hydrogens is 312 g/mol. The van der Waals surface area contributed by atoms with Gasteiger partial charge >= 0.3 is 0 Å². The number of aliphatic imine (C=N–C) groups is 1. The Morgan fingerprint density at radius 3 is 2.38 bits per heavy atom. The molecular formula is C17H16N2O5. The van der Waals surface area contributed by atoms with E-state index in [1.54, 1.807) is 30.3 Å². The molecule has 1 aliphatic heterocycles. The number of nitrogens with one attached hydrogen (secondary N) is 1. The molecule has 0 spiro atoms. The topological polar surface area (TPSA) is 82.3 Å². The highest BCUT2D eigenvalue weighted by Crippen LogP contribution is 2.38. The van der Waals surface area contributed by atoms with E-state index in [1.165, 1.54) is 27.6 Å². The van der Waals surface area contributed by atoms with Crippen LogP contribution in [-0.2, 0) is 4.79 Å². The van der Waals surface area contributed by atoms with E-state index in [9.17, 15) is 4.79 Å². The molecule has 0 saturated carbocycles. The van der Waals surface area contributed by atoms with Crippen LogP contribution in [0, 0.1) is 0 Å². The maximum atomic E-state index is 12.1. The smallest absolute Gasteiger partial charge is 0.275 e. The average Bonchev–Trinajstić information content (AvgIpc) is 3.24. The van der Waals surface area contributed by atoms with Crippen molar-refractivity contribution >= 4 is 17.8 Å². The van der Waals surface area contributed by atoms with Gasteiger partial charge in [-0.2, -0.15) is 0 Å². The van der Waals surface area contributed by atoms with Gasteiger partial charge in [-0.25, -0.2) is 4.99 Å². The van der Waals surface area contributed by atoms with Crippen LogP contribution in [0.1, 0.15) is 11.3 Å². The van der Waals surface area contributed by atoms with E-state index < -0.39 is 0 Å². The van der Waals surface area contributed by atoms with E-state index in [4.69, 9.17) is 18.6 Å². The molecule has 2 aromatic rings. The van der Waals surface area contributed by atoms with Crippen LogP contribution in [-0.4, -0.2) is 33.1 Å². The van der Waals surface area contributed by atoms with E-state index >= 15 is 0 Å². The monoisotopic (exact) mass is 328 g/mol. The number of furan rings is 1. The van der Waals surface area contributed by atoms with Gasteiger partial charge in [0.25, 0.3) is 5.91 Å². The first-order valence-electron chi connectivity index (χ1n) is 7.12. The van der Waals surface area contributed by atoms with Crippen LogP contribution < -0.4 is 19.5 Å². The number of amidine groups is 1. The Bertz CT molecular complexity index is 797. The predicted molar refractivity (Wildman–Crippen MR) is 87.5 cm³/mol. The molecule has 3 rings (SSSR count). The molecule has 0 aliphatic carbocycles. The quantitative estimate of drug-likeness (QED) is 0.851. The number of carbonyl (C=O) groups is 1. The van der Waals surface area contributed by atoms with Gasteiger partial charge in [0.15, 0.2) is 23.1 Å². The third-order valence-electron chi connectivity index (χ3n) is 3.44. The van der Waals surface area contributed by atoms with Gasteiger partial charge in [-0.15, -0.1) is 0 Å². The summed E-state index contributed by atoms with van der Waals surface area (Å²) in [6.07, 6.45) is 3.15. The van der Waals surface area contributed by atoms with Crippen molar-refractivity contribution in [2.45, 2.75) is 0 Å². The second-order valence-electron chi connectivity index (χ2n) is 4.88. The SMILES string of the molecule is COc1cc(C=C2N=C(c3ccco3)NC2=O)cc(OC)c1OC. The van der Waals surface area contributed by atoms with Crippen molar-refractivity contribution in [1.82, 2.24) is 5.32 Å². The number of carbonyl (C=O) groups excluding carboxylic acids is 1. The molecule has 7 nitrogen and oxygen atoms in total. The van der Waals surface area contributed by atoms with Crippen LogP contribution >= 0.6 is 0 Å². The normalized spacial score (nSPS) is 15.2. The zero-order valence-corrected chi connectivity index (χ0v) is 13.5. The minimum atomic E-state index is -0.310. The molecule has 0 saturated heterocycles. The lowest BCUT2D eigenvalue weighted by Crippen LogP contribution is -2.24. The number of ether oxygens (including phenoxy) is 3. The first-order chi connectivity index (χ1) is 11.7. The van der Waals surface area contributed by atoms with Crippen molar-refractivity contribution in [3.05, 3.63) is 47.5 Å². The summed E-state index contributed by atoms with van der Waals surface area (Å²) >= 11 is 0. The van der Waals surface area contributed by atoms with Crippen LogP contribution in [0.5, 0.6) is 17.2 Å². The lowest BCUT2D eigenvalue weighted by Gasteiger charge is -2.12. The Labute approximate surface area is 138 Å². The average molecular weight is 328 g/mol. The molecule has 1 N–H and O–H groups in total. The van der Waals surface area contributed by atoms with Crippen molar-refractivity contribution < 1.29 is 23.4 Å². The van der Waals surface area contributed by atoms with Crippen LogP contribution in [0.15, 0.2) is 45.6 Å². The van der Waals surface area contributed by atoms with Crippen LogP contribution in [0.3, 0.4) is 0 Å². The second kappa shape index (κ2) is 6.49. The predicted octanol–water partition coefficient (Wildman–Crippen LogP) is 2.22. The van der Waals surface area contributed by atoms with E-state index in [-0.39, 0.29) is 11.6 Å². The molecule has 1 aromatic carbocycles. The number of hydrogen-bond donors (Lipinski definition) is 1. The van der Waals surface area contributed by atoms with Crippen LogP contribution in [0.25, 0.3) is 6.08 Å². The first-order valence-corrected chi connectivity index (χ1v) is 7.12. The van der Waals surface area contributed by atoms with Crippen molar-refractivity contribution in [3.63, 3.8) is 0 Å². The summed E-state index contributed by atoms with van der Waals surface area (Å²) in [4.78, 5) is 16.4. The number of amides is 1. The number of rotatable bonds is 5. The minimum absolute atomic E-state index is 0.260. The lowest BCUT2D eigenvalue weighted by molar-refractivity contribution is -0.115. The fourth-order valence-corrected chi connectivity index (χ4v) is 2.34. The highest BCUT2D eigenvalue weighted by Gasteiger charge is 2.23. The zero-order chi connectivity index (χ0) is 17.1. The fraction of sp³-hybridized carbons (Fsp3) is 0.176. The zero-order valence-electron chi connectivity index (χ0n) is 13.5. The van der Waals surface area contributed by atoms with Gasteiger partial charge in [-0.1, -0.05) is 0 Å². The first kappa shape index (κ1) is 15.7. The van der Waals surface area contributed by atoms with Gasteiger partial charge in [-0.05, 0) is 35.9 Å². The van der Waals surface area contributed by atoms with Crippen molar-refractivity contribution in [1.29, 1.82) is 0 Å². The van der Waals surface area contributed by atoms with Gasteiger partial charge in [-0.3, -0.25) is 4.79 Å². The highest BCUT2D eigenvalue weighted by molar-refractivity contribution is 6.18. The summed E-state index contributed by atoms with van der Waals surface area (Å²) in [6.45, 7) is 0. The summed E-state index contributed by atoms with van der Waals surface area (Å²) in [5.74, 6) is 2.04. The van der Waals surface area contributed by atoms with E-state index in [1.807, 2.05) is 0 Å². The molecule has 0 bridgehead atoms. The van der Waals surface area contributed by atoms with Gasteiger partial charge in [0, 0.05) is 0 Å². The minimum Gasteiger partial charge on any atom is -0.493 e. The van der Waals surface area contributed by atoms with Crippen molar-refractivity contribution in [2.75, 3.05) is 21.3 Å². The number of benzene rings is 1. The Morgan fingerprint density at radius 1 is 1.12 bits per heavy atom. The summed E-state index contributed by atoms with van der Waals surface area (Å²) in [7, 11) is 4.59. The van der Waals surface area contributed by atoms with E-state index in [0.29, 0.717) is 34.4 Å². The van der Waals surface area contributed by atoms with Crippen LogP contribution in [0.2, 0.25) is 0 Å². The largest absolute Gasteiger partial charge is 0.493 e. The van der Waals surface area contributed by atoms with E-state index in [2.05, 4.69) is 10.3 Å². The summed E-state index contributed by atoms with van der Waals surface area (Å²) in [5.41, 5.74) is 0.953. The molecule has 24 heavy (non-hydrogen) atoms. The Hall–Kier alpha value is -3.22. The molecule has 0 unspecified atom stereocenters.